The molecule has 1 fully saturated rings. The predicted molar refractivity (Wildman–Crippen MR) is 72.8 cm³/mol. The fourth-order valence-electron chi connectivity index (χ4n) is 2.79. The number of likely N-dealkylation sites (tertiary alicyclic amines) is 1. The first-order valence-corrected chi connectivity index (χ1v) is 6.60. The molecule has 96 valence electrons. The summed E-state index contributed by atoms with van der Waals surface area (Å²) in [6.07, 6.45) is 2.37. The first-order valence-electron chi connectivity index (χ1n) is 6.60. The lowest BCUT2D eigenvalue weighted by atomic mass is 9.97. The molecule has 0 spiro atoms. The van der Waals surface area contributed by atoms with Gasteiger partial charge < -0.3 is 9.88 Å². The van der Waals surface area contributed by atoms with Crippen molar-refractivity contribution in [3.05, 3.63) is 34.7 Å². The van der Waals surface area contributed by atoms with Gasteiger partial charge in [-0.2, -0.15) is 0 Å². The third-order valence-corrected chi connectivity index (χ3v) is 3.96. The number of nitrogens with zero attached hydrogens (tertiary/aromatic N) is 2. The molecule has 0 saturated carbocycles. The average Bonchev–Trinajstić information content (AvgIpc) is 2.69. The van der Waals surface area contributed by atoms with Gasteiger partial charge in [-0.1, -0.05) is 12.1 Å². The number of aromatic nitrogens is 2. The summed E-state index contributed by atoms with van der Waals surface area (Å²) in [5, 5.41) is 0. The molecule has 0 amide bonds. The van der Waals surface area contributed by atoms with Crippen LogP contribution in [0.3, 0.4) is 0 Å². The Labute approximate surface area is 106 Å². The number of hydrogen-bond donors (Lipinski definition) is 1. The highest BCUT2D eigenvalue weighted by Crippen LogP contribution is 2.19. The molecule has 4 heteroatoms. The van der Waals surface area contributed by atoms with E-state index in [0.717, 1.165) is 30.7 Å². The highest BCUT2D eigenvalue weighted by Gasteiger charge is 2.18. The Morgan fingerprint density at radius 1 is 1.28 bits per heavy atom. The van der Waals surface area contributed by atoms with E-state index in [9.17, 15) is 4.79 Å². The summed E-state index contributed by atoms with van der Waals surface area (Å²) >= 11 is 0. The lowest BCUT2D eigenvalue weighted by Crippen LogP contribution is -2.33. The topological polar surface area (TPSA) is 41.0 Å². The first kappa shape index (κ1) is 11.5. The lowest BCUT2D eigenvalue weighted by Gasteiger charge is -2.28. The number of hydrogen-bond acceptors (Lipinski definition) is 2. The van der Waals surface area contributed by atoms with Crippen molar-refractivity contribution in [2.45, 2.75) is 19.4 Å². The molecular formula is C14H19N3O. The van der Waals surface area contributed by atoms with Gasteiger partial charge >= 0.3 is 5.69 Å². The third-order valence-electron chi connectivity index (χ3n) is 3.96. The van der Waals surface area contributed by atoms with E-state index in [0.29, 0.717) is 5.92 Å². The van der Waals surface area contributed by atoms with Crippen LogP contribution in [0.2, 0.25) is 0 Å². The van der Waals surface area contributed by atoms with E-state index in [1.165, 1.54) is 12.8 Å². The molecule has 2 heterocycles. The van der Waals surface area contributed by atoms with Crippen molar-refractivity contribution in [1.29, 1.82) is 0 Å². The SMILES string of the molecule is CN1CCC(Cn2c(=O)[nH]c3ccccc32)CC1. The first-order chi connectivity index (χ1) is 8.74. The summed E-state index contributed by atoms with van der Waals surface area (Å²) in [6, 6.07) is 7.92. The monoisotopic (exact) mass is 245 g/mol. The molecule has 0 bridgehead atoms. The Kier molecular flexibility index (Phi) is 2.96. The Morgan fingerprint density at radius 2 is 2.00 bits per heavy atom. The van der Waals surface area contributed by atoms with Crippen LogP contribution in [-0.4, -0.2) is 34.6 Å². The van der Waals surface area contributed by atoms with Gasteiger partial charge in [-0.25, -0.2) is 4.79 Å². The summed E-state index contributed by atoms with van der Waals surface area (Å²) in [5.41, 5.74) is 1.99. The van der Waals surface area contributed by atoms with Crippen molar-refractivity contribution in [2.24, 2.45) is 5.92 Å². The molecule has 1 aromatic carbocycles. The second-order valence-corrected chi connectivity index (χ2v) is 5.30. The van der Waals surface area contributed by atoms with Crippen LogP contribution in [0.5, 0.6) is 0 Å². The highest BCUT2D eigenvalue weighted by molar-refractivity contribution is 5.74. The number of para-hydroxylation sites is 2. The van der Waals surface area contributed by atoms with Crippen LogP contribution in [0.25, 0.3) is 11.0 Å². The van der Waals surface area contributed by atoms with Gasteiger partial charge in [0.15, 0.2) is 0 Å². The van der Waals surface area contributed by atoms with Gasteiger partial charge in [-0.3, -0.25) is 4.57 Å². The van der Waals surface area contributed by atoms with Crippen LogP contribution >= 0.6 is 0 Å². The quantitative estimate of drug-likeness (QED) is 0.874. The molecule has 1 saturated heterocycles. The minimum Gasteiger partial charge on any atom is -0.306 e. The number of H-pyrrole nitrogens is 1. The van der Waals surface area contributed by atoms with Crippen LogP contribution in [0.1, 0.15) is 12.8 Å². The Morgan fingerprint density at radius 3 is 2.78 bits per heavy atom. The predicted octanol–water partition coefficient (Wildman–Crippen LogP) is 1.67. The van der Waals surface area contributed by atoms with Crippen LogP contribution in [0.4, 0.5) is 0 Å². The van der Waals surface area contributed by atoms with Crippen molar-refractivity contribution in [3.63, 3.8) is 0 Å². The Hall–Kier alpha value is -1.55. The molecule has 0 atom stereocenters. The molecular weight excluding hydrogens is 226 g/mol. The molecule has 1 aliphatic rings. The molecule has 2 aromatic rings. The van der Waals surface area contributed by atoms with Gasteiger partial charge in [0.2, 0.25) is 0 Å². The molecule has 1 N–H and O–H groups in total. The number of nitrogens with one attached hydrogen (secondary N) is 1. The van der Waals surface area contributed by atoms with Gasteiger partial charge in [-0.15, -0.1) is 0 Å². The van der Waals surface area contributed by atoms with E-state index in [-0.39, 0.29) is 5.69 Å². The largest absolute Gasteiger partial charge is 0.326 e. The van der Waals surface area contributed by atoms with E-state index in [1.807, 2.05) is 28.8 Å². The molecule has 3 rings (SSSR count). The number of benzene rings is 1. The third kappa shape index (κ3) is 2.08. The van der Waals surface area contributed by atoms with Crippen molar-refractivity contribution >= 4 is 11.0 Å². The van der Waals surface area contributed by atoms with Crippen LogP contribution in [0.15, 0.2) is 29.1 Å². The maximum Gasteiger partial charge on any atom is 0.326 e. The van der Waals surface area contributed by atoms with Crippen molar-refractivity contribution in [2.75, 3.05) is 20.1 Å². The molecule has 18 heavy (non-hydrogen) atoms. The maximum atomic E-state index is 12.0. The van der Waals surface area contributed by atoms with Gasteiger partial charge in [0.05, 0.1) is 11.0 Å². The van der Waals surface area contributed by atoms with Gasteiger partial charge in [0, 0.05) is 6.54 Å². The van der Waals surface area contributed by atoms with Crippen LogP contribution in [-0.2, 0) is 6.54 Å². The second kappa shape index (κ2) is 4.61. The fourth-order valence-corrected chi connectivity index (χ4v) is 2.79. The van der Waals surface area contributed by atoms with E-state index in [2.05, 4.69) is 16.9 Å². The van der Waals surface area contributed by atoms with Crippen LogP contribution in [0, 0.1) is 5.92 Å². The van der Waals surface area contributed by atoms with E-state index >= 15 is 0 Å². The summed E-state index contributed by atoms with van der Waals surface area (Å²) < 4.78 is 1.89. The standard InChI is InChI=1S/C14H19N3O/c1-16-8-6-11(7-9-16)10-17-13-5-3-2-4-12(13)15-14(17)18/h2-5,11H,6-10H2,1H3,(H,15,18). The van der Waals surface area contributed by atoms with Crippen molar-refractivity contribution in [1.82, 2.24) is 14.5 Å². The maximum absolute atomic E-state index is 12.0. The lowest BCUT2D eigenvalue weighted by molar-refractivity contribution is 0.205. The van der Waals surface area contributed by atoms with Gasteiger partial charge in [0.25, 0.3) is 0 Å². The van der Waals surface area contributed by atoms with Crippen molar-refractivity contribution < 1.29 is 0 Å². The second-order valence-electron chi connectivity index (χ2n) is 5.30. The molecule has 0 aliphatic carbocycles. The molecule has 0 radical (unpaired) electrons. The summed E-state index contributed by atoms with van der Waals surface area (Å²) in [7, 11) is 2.16. The molecule has 1 aromatic heterocycles. The number of rotatable bonds is 2. The van der Waals surface area contributed by atoms with E-state index in [1.54, 1.807) is 0 Å². The van der Waals surface area contributed by atoms with Gasteiger partial charge in [-0.05, 0) is 51.0 Å². The fraction of sp³-hybridized carbons (Fsp3) is 0.500. The smallest absolute Gasteiger partial charge is 0.306 e. The van der Waals surface area contributed by atoms with E-state index < -0.39 is 0 Å². The van der Waals surface area contributed by atoms with Gasteiger partial charge in [0.1, 0.15) is 0 Å². The number of imidazole rings is 1. The van der Waals surface area contributed by atoms with Crippen LogP contribution < -0.4 is 5.69 Å². The zero-order chi connectivity index (χ0) is 12.5. The zero-order valence-electron chi connectivity index (χ0n) is 10.7. The summed E-state index contributed by atoms with van der Waals surface area (Å²) in [6.45, 7) is 3.13. The zero-order valence-corrected chi connectivity index (χ0v) is 10.7. The summed E-state index contributed by atoms with van der Waals surface area (Å²) in [4.78, 5) is 17.3. The molecule has 1 aliphatic heterocycles. The number of piperidine rings is 1. The summed E-state index contributed by atoms with van der Waals surface area (Å²) in [5.74, 6) is 0.623. The Balaban J connectivity index is 1.86. The highest BCUT2D eigenvalue weighted by atomic mass is 16.1. The average molecular weight is 245 g/mol. The van der Waals surface area contributed by atoms with E-state index in [4.69, 9.17) is 0 Å². The Bertz CT molecular complexity index is 590. The minimum absolute atomic E-state index is 0.0233. The molecule has 4 nitrogen and oxygen atoms in total. The van der Waals surface area contributed by atoms with Crippen molar-refractivity contribution in [3.8, 4) is 0 Å². The minimum atomic E-state index is 0.0233. The normalized spacial score (nSPS) is 18.5. The number of fused-ring (bicyclic) bond motifs is 1. The molecule has 0 unspecified atom stereocenters. The number of aromatic amines is 1.